The summed E-state index contributed by atoms with van der Waals surface area (Å²) < 4.78 is 0. The van der Waals surface area contributed by atoms with Crippen molar-refractivity contribution in [2.24, 2.45) is 5.92 Å². The fourth-order valence-electron chi connectivity index (χ4n) is 2.28. The van der Waals surface area contributed by atoms with E-state index in [0.29, 0.717) is 0 Å². The number of benzene rings is 1. The quantitative estimate of drug-likeness (QED) is 0.914. The molecule has 18 heavy (non-hydrogen) atoms. The van der Waals surface area contributed by atoms with Gasteiger partial charge in [-0.1, -0.05) is 17.7 Å². The molecule has 0 aliphatic carbocycles. The maximum Gasteiger partial charge on any atom is 0.0936 e. The smallest absolute Gasteiger partial charge is 0.0936 e. The van der Waals surface area contributed by atoms with Gasteiger partial charge in [0.05, 0.1) is 10.7 Å². The molecule has 2 nitrogen and oxygen atoms in total. The van der Waals surface area contributed by atoms with Crippen LogP contribution in [0.3, 0.4) is 0 Å². The fraction of sp³-hybridized carbons (Fsp3) is 0.400. The van der Waals surface area contributed by atoms with Gasteiger partial charge in [-0.05, 0) is 44.5 Å². The lowest BCUT2D eigenvalue weighted by Gasteiger charge is -2.25. The molecule has 0 atom stereocenters. The van der Waals surface area contributed by atoms with Gasteiger partial charge in [-0.3, -0.25) is 0 Å². The van der Waals surface area contributed by atoms with Gasteiger partial charge < -0.3 is 5.32 Å². The highest BCUT2D eigenvalue weighted by molar-refractivity contribution is 7.09. The van der Waals surface area contributed by atoms with E-state index < -0.39 is 0 Å². The highest BCUT2D eigenvalue weighted by Crippen LogP contribution is 2.27. The number of aromatic nitrogens is 1. The lowest BCUT2D eigenvalue weighted by Crippen LogP contribution is -2.43. The molecule has 0 saturated carbocycles. The fourth-order valence-corrected chi connectivity index (χ4v) is 3.19. The lowest BCUT2D eigenvalue weighted by molar-refractivity contribution is 0.346. The third-order valence-electron chi connectivity index (χ3n) is 3.55. The number of nitrogens with zero attached hydrogens (tertiary/aromatic N) is 1. The number of hydrogen-bond acceptors (Lipinski definition) is 3. The summed E-state index contributed by atoms with van der Waals surface area (Å²) >= 11 is 1.80. The largest absolute Gasteiger partial charge is 0.316 e. The Hall–Kier alpha value is -1.19. The highest BCUT2D eigenvalue weighted by atomic mass is 32.1. The summed E-state index contributed by atoms with van der Waals surface area (Å²) in [7, 11) is 0. The molecular formula is C15H18N2S. The summed E-state index contributed by atoms with van der Waals surface area (Å²) in [6.45, 7) is 6.59. The third-order valence-corrected chi connectivity index (χ3v) is 4.42. The molecule has 3 rings (SSSR count). The zero-order valence-electron chi connectivity index (χ0n) is 10.9. The monoisotopic (exact) mass is 258 g/mol. The van der Waals surface area contributed by atoms with Gasteiger partial charge in [-0.2, -0.15) is 0 Å². The van der Waals surface area contributed by atoms with E-state index in [-0.39, 0.29) is 0 Å². The van der Waals surface area contributed by atoms with Crippen LogP contribution in [0.1, 0.15) is 16.1 Å². The third kappa shape index (κ3) is 2.33. The maximum absolute atomic E-state index is 4.80. The summed E-state index contributed by atoms with van der Waals surface area (Å²) in [5.74, 6) is 0.794. The minimum absolute atomic E-state index is 0.794. The van der Waals surface area contributed by atoms with E-state index in [9.17, 15) is 0 Å². The van der Waals surface area contributed by atoms with E-state index in [2.05, 4.69) is 42.7 Å². The van der Waals surface area contributed by atoms with Crippen LogP contribution < -0.4 is 5.32 Å². The first-order valence-corrected chi connectivity index (χ1v) is 7.33. The molecule has 0 bridgehead atoms. The molecule has 0 spiro atoms. The van der Waals surface area contributed by atoms with Crippen molar-refractivity contribution in [1.82, 2.24) is 10.3 Å². The zero-order valence-corrected chi connectivity index (χ0v) is 11.7. The zero-order chi connectivity index (χ0) is 12.5. The van der Waals surface area contributed by atoms with Crippen molar-refractivity contribution < 1.29 is 0 Å². The summed E-state index contributed by atoms with van der Waals surface area (Å²) in [5, 5.41) is 6.79. The van der Waals surface area contributed by atoms with Crippen molar-refractivity contribution >= 4 is 11.3 Å². The van der Waals surface area contributed by atoms with Crippen molar-refractivity contribution in [3.8, 4) is 11.3 Å². The normalized spacial score (nSPS) is 15.7. The molecule has 1 aliphatic heterocycles. The van der Waals surface area contributed by atoms with Crippen LogP contribution in [0.15, 0.2) is 23.6 Å². The van der Waals surface area contributed by atoms with Crippen LogP contribution in [0.4, 0.5) is 0 Å². The number of hydrogen-bond donors (Lipinski definition) is 1. The Bertz CT molecular complexity index is 555. The first kappa shape index (κ1) is 11.9. The van der Waals surface area contributed by atoms with Gasteiger partial charge in [-0.25, -0.2) is 4.98 Å². The number of rotatable bonds is 3. The number of thiazole rings is 1. The van der Waals surface area contributed by atoms with Gasteiger partial charge >= 0.3 is 0 Å². The molecule has 1 aliphatic rings. The Kier molecular flexibility index (Phi) is 3.18. The van der Waals surface area contributed by atoms with Crippen molar-refractivity contribution in [3.05, 3.63) is 39.7 Å². The summed E-state index contributed by atoms with van der Waals surface area (Å²) in [5.41, 5.74) is 5.03. The Morgan fingerprint density at radius 2 is 2.17 bits per heavy atom. The molecule has 0 amide bonds. The summed E-state index contributed by atoms with van der Waals surface area (Å²) in [6.07, 6.45) is 1.13. The van der Waals surface area contributed by atoms with E-state index >= 15 is 0 Å². The topological polar surface area (TPSA) is 24.9 Å². The van der Waals surface area contributed by atoms with Gasteiger partial charge in [0.1, 0.15) is 0 Å². The van der Waals surface area contributed by atoms with Gasteiger partial charge in [0.15, 0.2) is 0 Å². The molecule has 94 valence electrons. The van der Waals surface area contributed by atoms with E-state index in [0.717, 1.165) is 31.1 Å². The van der Waals surface area contributed by atoms with E-state index in [1.54, 1.807) is 11.3 Å². The summed E-state index contributed by atoms with van der Waals surface area (Å²) in [4.78, 5) is 4.80. The average molecular weight is 258 g/mol. The minimum atomic E-state index is 0.794. The van der Waals surface area contributed by atoms with Crippen molar-refractivity contribution in [3.63, 3.8) is 0 Å². The van der Waals surface area contributed by atoms with Crippen molar-refractivity contribution in [2.45, 2.75) is 20.3 Å². The van der Waals surface area contributed by atoms with E-state index in [1.165, 1.54) is 21.7 Å². The molecule has 1 aromatic carbocycles. The lowest BCUT2D eigenvalue weighted by atomic mass is 10.00. The van der Waals surface area contributed by atoms with Crippen LogP contribution in [-0.4, -0.2) is 18.1 Å². The second-order valence-corrected chi connectivity index (χ2v) is 6.12. The first-order valence-electron chi connectivity index (χ1n) is 6.45. The second kappa shape index (κ2) is 4.82. The van der Waals surface area contributed by atoms with Gasteiger partial charge in [0.2, 0.25) is 0 Å². The maximum atomic E-state index is 4.80. The molecule has 0 unspecified atom stereocenters. The summed E-state index contributed by atoms with van der Waals surface area (Å²) in [6, 6.07) is 6.57. The van der Waals surface area contributed by atoms with Crippen LogP contribution in [0, 0.1) is 19.8 Å². The number of aryl methyl sites for hydroxylation is 2. The molecule has 1 saturated heterocycles. The van der Waals surface area contributed by atoms with Gasteiger partial charge in [0.25, 0.3) is 0 Å². The Balaban J connectivity index is 1.85. The Morgan fingerprint density at radius 1 is 1.33 bits per heavy atom. The molecule has 2 heterocycles. The first-order chi connectivity index (χ1) is 8.72. The van der Waals surface area contributed by atoms with Crippen LogP contribution in [0.2, 0.25) is 0 Å². The molecule has 2 aromatic rings. The molecule has 0 radical (unpaired) electrons. The van der Waals surface area contributed by atoms with Crippen LogP contribution in [0.5, 0.6) is 0 Å². The van der Waals surface area contributed by atoms with E-state index in [4.69, 9.17) is 4.98 Å². The molecule has 1 N–H and O–H groups in total. The van der Waals surface area contributed by atoms with Crippen molar-refractivity contribution in [1.29, 1.82) is 0 Å². The standard InChI is InChI=1S/C15H18N2S/c1-10-3-4-11(2)13(5-10)14-9-18-15(17-14)6-12-7-16-8-12/h3-5,9,12,16H,6-8H2,1-2H3. The second-order valence-electron chi connectivity index (χ2n) is 5.17. The van der Waals surface area contributed by atoms with Crippen LogP contribution in [-0.2, 0) is 6.42 Å². The van der Waals surface area contributed by atoms with Crippen LogP contribution >= 0.6 is 11.3 Å². The molecule has 3 heteroatoms. The highest BCUT2D eigenvalue weighted by Gasteiger charge is 2.19. The molecule has 1 aromatic heterocycles. The Morgan fingerprint density at radius 3 is 2.89 bits per heavy atom. The van der Waals surface area contributed by atoms with Gasteiger partial charge in [-0.15, -0.1) is 11.3 Å². The minimum Gasteiger partial charge on any atom is -0.316 e. The predicted octanol–water partition coefficient (Wildman–Crippen LogP) is 3.19. The SMILES string of the molecule is Cc1ccc(C)c(-c2csc(CC3CNC3)n2)c1. The molecule has 1 fully saturated rings. The number of nitrogens with one attached hydrogen (secondary N) is 1. The van der Waals surface area contributed by atoms with Crippen LogP contribution in [0.25, 0.3) is 11.3 Å². The van der Waals surface area contributed by atoms with Crippen molar-refractivity contribution in [2.75, 3.05) is 13.1 Å². The molecular weight excluding hydrogens is 240 g/mol. The average Bonchev–Trinajstić information content (AvgIpc) is 2.75. The van der Waals surface area contributed by atoms with Gasteiger partial charge in [0, 0.05) is 17.4 Å². The predicted molar refractivity (Wildman–Crippen MR) is 77.1 cm³/mol. The Labute approximate surface area is 112 Å². The van der Waals surface area contributed by atoms with E-state index in [1.807, 2.05) is 0 Å².